The van der Waals surface area contributed by atoms with E-state index in [0.29, 0.717) is 0 Å². The molecule has 3 nitrogen and oxygen atoms in total. The molecule has 3 heteroatoms. The van der Waals surface area contributed by atoms with Crippen LogP contribution < -0.4 is 10.6 Å². The van der Waals surface area contributed by atoms with Gasteiger partial charge in [-0.2, -0.15) is 0 Å². The van der Waals surface area contributed by atoms with Crippen LogP contribution in [0.4, 0.5) is 11.4 Å². The number of aryl methyl sites for hydroxylation is 1. The second-order valence-corrected chi connectivity index (χ2v) is 5.04. The topological polar surface area (TPSA) is 42.1 Å². The van der Waals surface area contributed by atoms with Gasteiger partial charge in [-0.3, -0.25) is 4.98 Å². The standard InChI is InChI=1S/C17H23N3/c1-4-13-6-8-14(9-7-13)20(3)15-10-11-17(19-12-15)16(18)5-2/h6-12,16H,4-5,18H2,1-3H3/t16-/m0/s1. The Labute approximate surface area is 121 Å². The zero-order valence-corrected chi connectivity index (χ0v) is 12.5. The van der Waals surface area contributed by atoms with Gasteiger partial charge in [0.2, 0.25) is 0 Å². The van der Waals surface area contributed by atoms with Gasteiger partial charge in [0, 0.05) is 18.8 Å². The molecule has 106 valence electrons. The highest BCUT2D eigenvalue weighted by Crippen LogP contribution is 2.24. The van der Waals surface area contributed by atoms with Crippen LogP contribution in [0.1, 0.15) is 37.6 Å². The highest BCUT2D eigenvalue weighted by molar-refractivity contribution is 5.61. The van der Waals surface area contributed by atoms with E-state index >= 15 is 0 Å². The number of aromatic nitrogens is 1. The van der Waals surface area contributed by atoms with Crippen molar-refractivity contribution in [1.29, 1.82) is 0 Å². The van der Waals surface area contributed by atoms with Crippen molar-refractivity contribution < 1.29 is 0 Å². The van der Waals surface area contributed by atoms with Gasteiger partial charge in [-0.1, -0.05) is 26.0 Å². The number of rotatable bonds is 5. The monoisotopic (exact) mass is 269 g/mol. The van der Waals surface area contributed by atoms with E-state index in [0.717, 1.165) is 29.9 Å². The highest BCUT2D eigenvalue weighted by Gasteiger charge is 2.07. The molecule has 0 aliphatic heterocycles. The van der Waals surface area contributed by atoms with E-state index in [2.05, 4.69) is 61.1 Å². The summed E-state index contributed by atoms with van der Waals surface area (Å²) in [6.45, 7) is 4.24. The zero-order chi connectivity index (χ0) is 14.5. The van der Waals surface area contributed by atoms with Gasteiger partial charge in [0.25, 0.3) is 0 Å². The summed E-state index contributed by atoms with van der Waals surface area (Å²) in [5.41, 5.74) is 10.5. The highest BCUT2D eigenvalue weighted by atomic mass is 15.1. The number of benzene rings is 1. The van der Waals surface area contributed by atoms with Crippen LogP contribution >= 0.6 is 0 Å². The molecule has 0 saturated heterocycles. The van der Waals surface area contributed by atoms with E-state index in [9.17, 15) is 0 Å². The van der Waals surface area contributed by atoms with Gasteiger partial charge in [-0.15, -0.1) is 0 Å². The summed E-state index contributed by atoms with van der Waals surface area (Å²) in [4.78, 5) is 6.60. The summed E-state index contributed by atoms with van der Waals surface area (Å²) >= 11 is 0. The molecular weight excluding hydrogens is 246 g/mol. The summed E-state index contributed by atoms with van der Waals surface area (Å²) in [6, 6.07) is 12.7. The Morgan fingerprint density at radius 2 is 1.70 bits per heavy atom. The minimum Gasteiger partial charge on any atom is -0.343 e. The largest absolute Gasteiger partial charge is 0.343 e. The van der Waals surface area contributed by atoms with Crippen molar-refractivity contribution in [3.8, 4) is 0 Å². The van der Waals surface area contributed by atoms with Crippen molar-refractivity contribution in [1.82, 2.24) is 4.98 Å². The number of hydrogen-bond acceptors (Lipinski definition) is 3. The first-order valence-electron chi connectivity index (χ1n) is 7.19. The fourth-order valence-corrected chi connectivity index (χ4v) is 2.13. The van der Waals surface area contributed by atoms with Crippen LogP contribution in [0.15, 0.2) is 42.6 Å². The fourth-order valence-electron chi connectivity index (χ4n) is 2.13. The molecule has 0 aliphatic carbocycles. The maximum absolute atomic E-state index is 5.99. The van der Waals surface area contributed by atoms with Crippen molar-refractivity contribution >= 4 is 11.4 Å². The maximum Gasteiger partial charge on any atom is 0.0594 e. The molecule has 20 heavy (non-hydrogen) atoms. The third-order valence-electron chi connectivity index (χ3n) is 3.71. The second-order valence-electron chi connectivity index (χ2n) is 5.04. The Hall–Kier alpha value is -1.87. The predicted octanol–water partition coefficient (Wildman–Crippen LogP) is 3.82. The molecule has 2 rings (SSSR count). The molecule has 0 fully saturated rings. The Morgan fingerprint density at radius 3 is 2.20 bits per heavy atom. The average molecular weight is 269 g/mol. The van der Waals surface area contributed by atoms with Crippen molar-refractivity contribution in [2.45, 2.75) is 32.7 Å². The van der Waals surface area contributed by atoms with Crippen LogP contribution in [0.5, 0.6) is 0 Å². The normalized spacial score (nSPS) is 12.2. The van der Waals surface area contributed by atoms with Gasteiger partial charge >= 0.3 is 0 Å². The number of nitrogens with zero attached hydrogens (tertiary/aromatic N) is 2. The minimum absolute atomic E-state index is 0.0261. The van der Waals surface area contributed by atoms with Gasteiger partial charge in [-0.05, 0) is 42.7 Å². The summed E-state index contributed by atoms with van der Waals surface area (Å²) in [7, 11) is 2.05. The molecule has 2 aromatic rings. The van der Waals surface area contributed by atoms with Crippen molar-refractivity contribution in [2.75, 3.05) is 11.9 Å². The first kappa shape index (κ1) is 14.5. The molecule has 0 bridgehead atoms. The van der Waals surface area contributed by atoms with Crippen molar-refractivity contribution in [2.24, 2.45) is 5.73 Å². The van der Waals surface area contributed by atoms with Gasteiger partial charge in [-0.25, -0.2) is 0 Å². The molecule has 1 aromatic carbocycles. The Kier molecular flexibility index (Phi) is 4.74. The van der Waals surface area contributed by atoms with Gasteiger partial charge in [0.1, 0.15) is 0 Å². The number of anilines is 2. The Balaban J connectivity index is 2.17. The fraction of sp³-hybridized carbons (Fsp3) is 0.353. The van der Waals surface area contributed by atoms with Crippen LogP contribution in [0.2, 0.25) is 0 Å². The molecular formula is C17H23N3. The van der Waals surface area contributed by atoms with E-state index in [4.69, 9.17) is 5.73 Å². The first-order chi connectivity index (χ1) is 9.65. The van der Waals surface area contributed by atoms with Crippen LogP contribution in [0, 0.1) is 0 Å². The Morgan fingerprint density at radius 1 is 1.05 bits per heavy atom. The molecule has 1 atom stereocenters. The third kappa shape index (κ3) is 3.17. The summed E-state index contributed by atoms with van der Waals surface area (Å²) in [5.74, 6) is 0. The molecule has 0 aliphatic rings. The lowest BCUT2D eigenvalue weighted by Gasteiger charge is -2.20. The molecule has 0 spiro atoms. The molecule has 1 heterocycles. The van der Waals surface area contributed by atoms with Crippen LogP contribution in [0.3, 0.4) is 0 Å². The van der Waals surface area contributed by atoms with Crippen LogP contribution in [0.25, 0.3) is 0 Å². The Bertz CT molecular complexity index is 531. The number of hydrogen-bond donors (Lipinski definition) is 1. The van der Waals surface area contributed by atoms with Crippen LogP contribution in [-0.4, -0.2) is 12.0 Å². The quantitative estimate of drug-likeness (QED) is 0.897. The summed E-state index contributed by atoms with van der Waals surface area (Å²) < 4.78 is 0. The third-order valence-corrected chi connectivity index (χ3v) is 3.71. The summed E-state index contributed by atoms with van der Waals surface area (Å²) in [5, 5.41) is 0. The van der Waals surface area contributed by atoms with Gasteiger partial charge in [0.15, 0.2) is 0 Å². The first-order valence-corrected chi connectivity index (χ1v) is 7.19. The lowest BCUT2D eigenvalue weighted by molar-refractivity contribution is 0.675. The maximum atomic E-state index is 5.99. The van der Waals surface area contributed by atoms with Crippen molar-refractivity contribution in [3.63, 3.8) is 0 Å². The number of pyridine rings is 1. The average Bonchev–Trinajstić information content (AvgIpc) is 2.53. The SMILES string of the molecule is CCc1ccc(N(C)c2ccc([C@@H](N)CC)nc2)cc1. The number of nitrogens with two attached hydrogens (primary N) is 1. The molecule has 2 N–H and O–H groups in total. The van der Waals surface area contributed by atoms with E-state index in [-0.39, 0.29) is 6.04 Å². The van der Waals surface area contributed by atoms with Gasteiger partial charge in [0.05, 0.1) is 17.6 Å². The minimum atomic E-state index is 0.0261. The molecule has 0 amide bonds. The van der Waals surface area contributed by atoms with E-state index in [1.54, 1.807) is 0 Å². The van der Waals surface area contributed by atoms with Gasteiger partial charge < -0.3 is 10.6 Å². The zero-order valence-electron chi connectivity index (χ0n) is 12.5. The molecule has 0 radical (unpaired) electrons. The van der Waals surface area contributed by atoms with E-state index in [1.807, 2.05) is 12.3 Å². The van der Waals surface area contributed by atoms with E-state index in [1.165, 1.54) is 5.56 Å². The smallest absolute Gasteiger partial charge is 0.0594 e. The second kappa shape index (κ2) is 6.53. The predicted molar refractivity (Wildman–Crippen MR) is 85.3 cm³/mol. The van der Waals surface area contributed by atoms with Crippen molar-refractivity contribution in [3.05, 3.63) is 53.9 Å². The lowest BCUT2D eigenvalue weighted by Crippen LogP contribution is -2.13. The molecule has 0 saturated carbocycles. The summed E-state index contributed by atoms with van der Waals surface area (Å²) in [6.07, 6.45) is 3.86. The molecule has 1 aromatic heterocycles. The lowest BCUT2D eigenvalue weighted by atomic mass is 10.1. The van der Waals surface area contributed by atoms with Crippen LogP contribution in [-0.2, 0) is 6.42 Å². The van der Waals surface area contributed by atoms with E-state index < -0.39 is 0 Å². The molecule has 0 unspecified atom stereocenters.